The van der Waals surface area contributed by atoms with Crippen LogP contribution in [0.5, 0.6) is 0 Å². The van der Waals surface area contributed by atoms with Crippen molar-refractivity contribution in [2.75, 3.05) is 0 Å². The number of pyridine rings is 1. The van der Waals surface area contributed by atoms with Crippen molar-refractivity contribution in [3.05, 3.63) is 23.4 Å². The van der Waals surface area contributed by atoms with E-state index in [-0.39, 0.29) is 0 Å². The van der Waals surface area contributed by atoms with Crippen molar-refractivity contribution in [2.45, 2.75) is 42.9 Å². The lowest BCUT2D eigenvalue weighted by molar-refractivity contribution is 0.886. The van der Waals surface area contributed by atoms with Crippen LogP contribution in [0.2, 0.25) is 0 Å². The van der Waals surface area contributed by atoms with Gasteiger partial charge in [0.15, 0.2) is 0 Å². The van der Waals surface area contributed by atoms with E-state index < -0.39 is 0 Å². The molecule has 1 fully saturated rings. The Kier molecular flexibility index (Phi) is 3.27. The Morgan fingerprint density at radius 1 is 1.40 bits per heavy atom. The van der Waals surface area contributed by atoms with Gasteiger partial charge in [0.25, 0.3) is 0 Å². The molecule has 0 aliphatic heterocycles. The van der Waals surface area contributed by atoms with Crippen LogP contribution in [0.25, 0.3) is 0 Å². The van der Waals surface area contributed by atoms with E-state index in [0.29, 0.717) is 5.25 Å². The van der Waals surface area contributed by atoms with E-state index >= 15 is 0 Å². The van der Waals surface area contributed by atoms with Crippen molar-refractivity contribution >= 4 is 11.8 Å². The molecule has 78 valence electrons. The van der Waals surface area contributed by atoms with Crippen molar-refractivity contribution in [2.24, 2.45) is 0 Å². The quantitative estimate of drug-likeness (QED) is 0.764. The first kappa shape index (κ1) is 10.5. The molecule has 0 spiro atoms. The fraction of sp³-hybridized carbons (Fsp3) is 0.500. The predicted octanol–water partition coefficient (Wildman–Crippen LogP) is 3.30. The predicted molar refractivity (Wildman–Crippen MR) is 61.8 cm³/mol. The monoisotopic (exact) mass is 218 g/mol. The number of thioether (sulfide) groups is 1. The van der Waals surface area contributed by atoms with Gasteiger partial charge >= 0.3 is 0 Å². The lowest BCUT2D eigenvalue weighted by Crippen LogP contribution is -1.97. The standard InChI is InChI=1S/C12H14N2S/c1-9-6-7-10(8-13)12(14-9)15-11-4-2-3-5-11/h6-7,11H,2-5H2,1H3. The van der Waals surface area contributed by atoms with Gasteiger partial charge in [0.2, 0.25) is 0 Å². The molecule has 0 radical (unpaired) electrons. The van der Waals surface area contributed by atoms with Gasteiger partial charge in [-0.1, -0.05) is 12.8 Å². The van der Waals surface area contributed by atoms with Crippen LogP contribution in [0.3, 0.4) is 0 Å². The van der Waals surface area contributed by atoms with Crippen LogP contribution in [-0.4, -0.2) is 10.2 Å². The van der Waals surface area contributed by atoms with Gasteiger partial charge in [-0.15, -0.1) is 11.8 Å². The summed E-state index contributed by atoms with van der Waals surface area (Å²) < 4.78 is 0. The first-order valence-corrected chi connectivity index (χ1v) is 6.22. The number of hydrogen-bond acceptors (Lipinski definition) is 3. The number of aromatic nitrogens is 1. The van der Waals surface area contributed by atoms with Crippen LogP contribution in [0.1, 0.15) is 36.9 Å². The average molecular weight is 218 g/mol. The van der Waals surface area contributed by atoms with Crippen LogP contribution >= 0.6 is 11.8 Å². The van der Waals surface area contributed by atoms with E-state index in [1.54, 1.807) is 11.8 Å². The van der Waals surface area contributed by atoms with Crippen molar-refractivity contribution in [1.82, 2.24) is 4.98 Å². The molecule has 1 aromatic heterocycles. The SMILES string of the molecule is Cc1ccc(C#N)c(SC2CCCC2)n1. The molecule has 0 bridgehead atoms. The van der Waals surface area contributed by atoms with Crippen LogP contribution in [-0.2, 0) is 0 Å². The molecule has 1 aromatic rings. The summed E-state index contributed by atoms with van der Waals surface area (Å²) in [5.41, 5.74) is 1.71. The summed E-state index contributed by atoms with van der Waals surface area (Å²) in [4.78, 5) is 4.45. The van der Waals surface area contributed by atoms with Crippen molar-refractivity contribution in [3.8, 4) is 6.07 Å². The lowest BCUT2D eigenvalue weighted by Gasteiger charge is -2.09. The van der Waals surface area contributed by atoms with Gasteiger partial charge in [0, 0.05) is 10.9 Å². The van der Waals surface area contributed by atoms with Gasteiger partial charge in [0.05, 0.1) is 5.56 Å². The molecule has 0 atom stereocenters. The van der Waals surface area contributed by atoms with E-state index in [2.05, 4.69) is 11.1 Å². The molecule has 0 aromatic carbocycles. The molecule has 1 heterocycles. The van der Waals surface area contributed by atoms with Gasteiger partial charge in [-0.25, -0.2) is 4.98 Å². The van der Waals surface area contributed by atoms with Gasteiger partial charge < -0.3 is 0 Å². The fourth-order valence-corrected chi connectivity index (χ4v) is 3.19. The van der Waals surface area contributed by atoms with Gasteiger partial charge in [0.1, 0.15) is 11.1 Å². The number of nitriles is 1. The van der Waals surface area contributed by atoms with Crippen molar-refractivity contribution in [3.63, 3.8) is 0 Å². The van der Waals surface area contributed by atoms with E-state index in [0.717, 1.165) is 16.3 Å². The summed E-state index contributed by atoms with van der Waals surface area (Å²) in [6.07, 6.45) is 5.19. The van der Waals surface area contributed by atoms with Crippen LogP contribution in [0, 0.1) is 18.3 Å². The third-order valence-electron chi connectivity index (χ3n) is 2.70. The molecule has 0 amide bonds. The zero-order valence-electron chi connectivity index (χ0n) is 8.86. The Morgan fingerprint density at radius 3 is 2.80 bits per heavy atom. The Balaban J connectivity index is 2.18. The maximum atomic E-state index is 8.98. The van der Waals surface area contributed by atoms with Crippen molar-refractivity contribution < 1.29 is 0 Å². The molecule has 0 saturated heterocycles. The highest BCUT2D eigenvalue weighted by Gasteiger charge is 2.18. The van der Waals surface area contributed by atoms with E-state index in [4.69, 9.17) is 5.26 Å². The summed E-state index contributed by atoms with van der Waals surface area (Å²) in [5.74, 6) is 0. The largest absolute Gasteiger partial charge is 0.245 e. The van der Waals surface area contributed by atoms with Crippen LogP contribution in [0.15, 0.2) is 17.2 Å². The van der Waals surface area contributed by atoms with Crippen molar-refractivity contribution in [1.29, 1.82) is 5.26 Å². The van der Waals surface area contributed by atoms with Crippen LogP contribution < -0.4 is 0 Å². The molecule has 2 nitrogen and oxygen atoms in total. The first-order valence-electron chi connectivity index (χ1n) is 5.34. The Morgan fingerprint density at radius 2 is 2.13 bits per heavy atom. The summed E-state index contributed by atoms with van der Waals surface area (Å²) in [6, 6.07) is 5.99. The normalized spacial score (nSPS) is 16.5. The van der Waals surface area contributed by atoms with E-state index in [1.807, 2.05) is 19.1 Å². The molecule has 3 heteroatoms. The van der Waals surface area contributed by atoms with Gasteiger partial charge in [-0.2, -0.15) is 5.26 Å². The third kappa shape index (κ3) is 2.51. The second-order valence-corrected chi connectivity index (χ2v) is 5.23. The fourth-order valence-electron chi connectivity index (χ4n) is 1.87. The second-order valence-electron chi connectivity index (χ2n) is 3.94. The summed E-state index contributed by atoms with van der Waals surface area (Å²) >= 11 is 1.78. The maximum absolute atomic E-state index is 8.98. The highest BCUT2D eigenvalue weighted by atomic mass is 32.2. The summed E-state index contributed by atoms with van der Waals surface area (Å²) in [5, 5.41) is 10.6. The Bertz CT molecular complexity index is 389. The van der Waals surface area contributed by atoms with Gasteiger partial charge in [-0.05, 0) is 31.9 Å². The molecule has 1 aliphatic rings. The summed E-state index contributed by atoms with van der Waals surface area (Å²) in [7, 11) is 0. The minimum atomic E-state index is 0.673. The molecular formula is C12H14N2S. The molecule has 0 unspecified atom stereocenters. The molecule has 1 saturated carbocycles. The smallest absolute Gasteiger partial charge is 0.114 e. The van der Waals surface area contributed by atoms with Crippen LogP contribution in [0.4, 0.5) is 0 Å². The highest BCUT2D eigenvalue weighted by molar-refractivity contribution is 7.99. The molecule has 1 aliphatic carbocycles. The number of aryl methyl sites for hydroxylation is 1. The molecule has 2 rings (SSSR count). The van der Waals surface area contributed by atoms with E-state index in [1.165, 1.54) is 25.7 Å². The zero-order valence-corrected chi connectivity index (χ0v) is 9.68. The number of rotatable bonds is 2. The Labute approximate surface area is 94.7 Å². The second kappa shape index (κ2) is 4.67. The number of nitrogens with zero attached hydrogens (tertiary/aromatic N) is 2. The zero-order chi connectivity index (χ0) is 10.7. The minimum absolute atomic E-state index is 0.673. The molecule has 0 N–H and O–H groups in total. The highest BCUT2D eigenvalue weighted by Crippen LogP contribution is 2.35. The summed E-state index contributed by atoms with van der Waals surface area (Å²) in [6.45, 7) is 1.97. The Hall–Kier alpha value is -1.01. The lowest BCUT2D eigenvalue weighted by atomic mass is 10.3. The first-order chi connectivity index (χ1) is 7.29. The maximum Gasteiger partial charge on any atom is 0.114 e. The topological polar surface area (TPSA) is 36.7 Å². The molecular weight excluding hydrogens is 204 g/mol. The third-order valence-corrected chi connectivity index (χ3v) is 4.04. The van der Waals surface area contributed by atoms with E-state index in [9.17, 15) is 0 Å². The average Bonchev–Trinajstić information content (AvgIpc) is 2.71. The van der Waals surface area contributed by atoms with Gasteiger partial charge in [-0.3, -0.25) is 0 Å². The molecule has 15 heavy (non-hydrogen) atoms. The number of hydrogen-bond donors (Lipinski definition) is 0. The minimum Gasteiger partial charge on any atom is -0.245 e.